The number of hydrogen-bond donors (Lipinski definition) is 2. The number of aliphatic hydroxyl groups is 1. The maximum Gasteiger partial charge on any atom is 0.159 e. The monoisotopic (exact) mass is 317 g/mol. The van der Waals surface area contributed by atoms with E-state index in [1.54, 1.807) is 0 Å². The van der Waals surface area contributed by atoms with Crippen LogP contribution in [0.4, 0.5) is 8.78 Å². The van der Waals surface area contributed by atoms with Crippen LogP contribution in [-0.4, -0.2) is 18.2 Å². The van der Waals surface area contributed by atoms with Gasteiger partial charge in [-0.3, -0.25) is 0 Å². The van der Waals surface area contributed by atoms with E-state index in [1.165, 1.54) is 17.4 Å². The van der Waals surface area contributed by atoms with Gasteiger partial charge < -0.3 is 10.4 Å². The summed E-state index contributed by atoms with van der Waals surface area (Å²) in [6.07, 6.45) is -0.0564. The Kier molecular flexibility index (Phi) is 5.48. The van der Waals surface area contributed by atoms with Gasteiger partial charge in [0.2, 0.25) is 0 Å². The minimum atomic E-state index is -0.949. The van der Waals surface area contributed by atoms with Crippen LogP contribution in [0.15, 0.2) is 30.3 Å². The van der Waals surface area contributed by atoms with Crippen molar-refractivity contribution in [3.05, 3.63) is 56.7 Å². The average molecular weight is 318 g/mol. The Labute approximate surface area is 125 Å². The third-order valence-corrected chi connectivity index (χ3v) is 4.13. The van der Waals surface area contributed by atoms with Crippen molar-refractivity contribution in [2.24, 2.45) is 0 Å². The molecule has 1 unspecified atom stereocenters. The summed E-state index contributed by atoms with van der Waals surface area (Å²) in [5.74, 6) is -1.86. The quantitative estimate of drug-likeness (QED) is 0.799. The molecule has 2 aromatic rings. The van der Waals surface area contributed by atoms with Gasteiger partial charge in [-0.2, -0.15) is 0 Å². The summed E-state index contributed by atoms with van der Waals surface area (Å²) in [4.78, 5) is 1.16. The molecule has 0 aliphatic heterocycles. The lowest BCUT2D eigenvalue weighted by molar-refractivity contribution is 0.174. The molecular formula is C14H14ClF2NOS. The molecule has 0 aliphatic rings. The number of benzene rings is 1. The van der Waals surface area contributed by atoms with Gasteiger partial charge in [0.25, 0.3) is 0 Å². The van der Waals surface area contributed by atoms with Gasteiger partial charge >= 0.3 is 0 Å². The Morgan fingerprint density at radius 3 is 2.65 bits per heavy atom. The Hall–Kier alpha value is -1.01. The molecule has 0 radical (unpaired) electrons. The maximum absolute atomic E-state index is 13.0. The fraction of sp³-hybridized carbons (Fsp3) is 0.286. The van der Waals surface area contributed by atoms with Crippen LogP contribution in [0.2, 0.25) is 4.34 Å². The largest absolute Gasteiger partial charge is 0.387 e. The van der Waals surface area contributed by atoms with E-state index < -0.39 is 17.7 Å². The highest BCUT2D eigenvalue weighted by Gasteiger charge is 2.10. The van der Waals surface area contributed by atoms with E-state index in [0.717, 1.165) is 27.8 Å². The van der Waals surface area contributed by atoms with Crippen molar-refractivity contribution in [3.8, 4) is 0 Å². The van der Waals surface area contributed by atoms with Crippen LogP contribution >= 0.6 is 22.9 Å². The molecule has 108 valence electrons. The summed E-state index contributed by atoms with van der Waals surface area (Å²) in [6.45, 7) is 0.960. The molecule has 0 spiro atoms. The molecule has 0 amide bonds. The Morgan fingerprint density at radius 2 is 2.00 bits per heavy atom. The molecule has 1 aromatic carbocycles. The van der Waals surface area contributed by atoms with Crippen molar-refractivity contribution in [2.75, 3.05) is 13.1 Å². The second-order valence-electron chi connectivity index (χ2n) is 4.35. The molecule has 2 rings (SSSR count). The highest BCUT2D eigenvalue weighted by Crippen LogP contribution is 2.21. The van der Waals surface area contributed by atoms with E-state index in [4.69, 9.17) is 11.6 Å². The van der Waals surface area contributed by atoms with E-state index in [9.17, 15) is 13.9 Å². The molecule has 0 bridgehead atoms. The molecule has 20 heavy (non-hydrogen) atoms. The first-order valence-corrected chi connectivity index (χ1v) is 7.33. The minimum Gasteiger partial charge on any atom is -0.387 e. The number of aliphatic hydroxyl groups excluding tert-OH is 1. The van der Waals surface area contributed by atoms with Crippen LogP contribution in [-0.2, 0) is 6.42 Å². The van der Waals surface area contributed by atoms with E-state index >= 15 is 0 Å². The van der Waals surface area contributed by atoms with E-state index in [2.05, 4.69) is 5.32 Å². The topological polar surface area (TPSA) is 32.3 Å². The Bertz CT molecular complexity index is 576. The molecule has 0 saturated carbocycles. The fourth-order valence-corrected chi connectivity index (χ4v) is 2.86. The Morgan fingerprint density at radius 1 is 1.20 bits per heavy atom. The van der Waals surface area contributed by atoms with Crippen LogP contribution in [0.3, 0.4) is 0 Å². The average Bonchev–Trinajstić information content (AvgIpc) is 2.83. The van der Waals surface area contributed by atoms with E-state index in [0.29, 0.717) is 12.1 Å². The summed E-state index contributed by atoms with van der Waals surface area (Å²) < 4.78 is 26.6. The van der Waals surface area contributed by atoms with E-state index in [-0.39, 0.29) is 6.54 Å². The molecule has 2 N–H and O–H groups in total. The minimum absolute atomic E-state index is 0.282. The lowest BCUT2D eigenvalue weighted by atomic mass is 10.1. The van der Waals surface area contributed by atoms with Crippen molar-refractivity contribution in [1.82, 2.24) is 5.32 Å². The van der Waals surface area contributed by atoms with Gasteiger partial charge in [0.1, 0.15) is 0 Å². The predicted octanol–water partition coefficient (Wildman–Crippen LogP) is 3.55. The predicted molar refractivity (Wildman–Crippen MR) is 77.2 cm³/mol. The first-order valence-electron chi connectivity index (χ1n) is 6.14. The first-order chi connectivity index (χ1) is 9.56. The molecule has 2 nitrogen and oxygen atoms in total. The van der Waals surface area contributed by atoms with Gasteiger partial charge in [0.05, 0.1) is 10.4 Å². The van der Waals surface area contributed by atoms with Gasteiger partial charge in [-0.1, -0.05) is 17.7 Å². The van der Waals surface area contributed by atoms with Crippen LogP contribution in [0.5, 0.6) is 0 Å². The second-order valence-corrected chi connectivity index (χ2v) is 6.15. The fourth-order valence-electron chi connectivity index (χ4n) is 1.77. The second kappa shape index (κ2) is 7.13. The first kappa shape index (κ1) is 15.4. The number of nitrogens with one attached hydrogen (secondary N) is 1. The summed E-state index contributed by atoms with van der Waals surface area (Å²) in [5, 5.41) is 12.9. The third kappa shape index (κ3) is 4.24. The normalized spacial score (nSPS) is 12.6. The number of rotatable bonds is 6. The summed E-state index contributed by atoms with van der Waals surface area (Å²) in [7, 11) is 0. The molecule has 6 heteroatoms. The van der Waals surface area contributed by atoms with Crippen LogP contribution in [0.1, 0.15) is 16.5 Å². The van der Waals surface area contributed by atoms with Crippen LogP contribution in [0.25, 0.3) is 0 Å². The van der Waals surface area contributed by atoms with Gasteiger partial charge in [-0.25, -0.2) is 8.78 Å². The van der Waals surface area contributed by atoms with Gasteiger partial charge in [0.15, 0.2) is 11.6 Å². The smallest absolute Gasteiger partial charge is 0.159 e. The molecule has 1 aromatic heterocycles. The standard InChI is InChI=1S/C14H14ClF2NOS/c15-14-4-2-10(20-14)5-6-18-8-13(19)9-1-3-11(16)12(17)7-9/h1-4,7,13,18-19H,5-6,8H2. The molecular weight excluding hydrogens is 304 g/mol. The summed E-state index contributed by atoms with van der Waals surface area (Å²) in [5.41, 5.74) is 0.357. The van der Waals surface area contributed by atoms with Crippen LogP contribution in [0, 0.1) is 11.6 Å². The van der Waals surface area contributed by atoms with Crippen molar-refractivity contribution in [3.63, 3.8) is 0 Å². The van der Waals surface area contributed by atoms with Crippen molar-refractivity contribution in [2.45, 2.75) is 12.5 Å². The molecule has 0 fully saturated rings. The Balaban J connectivity index is 1.77. The van der Waals surface area contributed by atoms with Crippen molar-refractivity contribution < 1.29 is 13.9 Å². The highest BCUT2D eigenvalue weighted by atomic mass is 35.5. The zero-order valence-corrected chi connectivity index (χ0v) is 12.1. The molecule has 1 heterocycles. The highest BCUT2D eigenvalue weighted by molar-refractivity contribution is 7.16. The number of hydrogen-bond acceptors (Lipinski definition) is 3. The zero-order valence-electron chi connectivity index (χ0n) is 10.6. The lowest BCUT2D eigenvalue weighted by Gasteiger charge is -2.12. The van der Waals surface area contributed by atoms with Gasteiger partial charge in [-0.15, -0.1) is 11.3 Å². The molecule has 0 aliphatic carbocycles. The summed E-state index contributed by atoms with van der Waals surface area (Å²) in [6, 6.07) is 7.21. The number of thiophene rings is 1. The maximum atomic E-state index is 13.0. The van der Waals surface area contributed by atoms with Crippen molar-refractivity contribution >= 4 is 22.9 Å². The lowest BCUT2D eigenvalue weighted by Crippen LogP contribution is -2.23. The zero-order chi connectivity index (χ0) is 14.5. The van der Waals surface area contributed by atoms with Gasteiger partial charge in [-0.05, 0) is 36.2 Å². The third-order valence-electron chi connectivity index (χ3n) is 2.84. The van der Waals surface area contributed by atoms with Gasteiger partial charge in [0, 0.05) is 18.0 Å². The summed E-state index contributed by atoms with van der Waals surface area (Å²) >= 11 is 7.34. The SMILES string of the molecule is OC(CNCCc1ccc(Cl)s1)c1ccc(F)c(F)c1. The van der Waals surface area contributed by atoms with Crippen LogP contribution < -0.4 is 5.32 Å². The van der Waals surface area contributed by atoms with E-state index in [1.807, 2.05) is 12.1 Å². The molecule has 0 saturated heterocycles. The van der Waals surface area contributed by atoms with Crippen molar-refractivity contribution in [1.29, 1.82) is 0 Å². The number of halogens is 3. The molecule has 1 atom stereocenters.